The average Bonchev–Trinajstić information content (AvgIpc) is 2.72. The number of rotatable bonds is 4. The molecule has 1 saturated heterocycles. The molecule has 0 radical (unpaired) electrons. The largest absolute Gasteiger partial charge is 0.335 e. The molecule has 0 bridgehead atoms. The van der Waals surface area contributed by atoms with Crippen LogP contribution in [0.2, 0.25) is 0 Å². The third-order valence-electron chi connectivity index (χ3n) is 5.35. The Morgan fingerprint density at radius 2 is 1.93 bits per heavy atom. The topological polar surface area (TPSA) is 77.6 Å². The minimum Gasteiger partial charge on any atom is -0.335 e. The summed E-state index contributed by atoms with van der Waals surface area (Å²) in [6, 6.07) is 11.1. The first-order chi connectivity index (χ1) is 13.6. The van der Waals surface area contributed by atoms with Crippen molar-refractivity contribution >= 4 is 23.3 Å². The number of nitrogens with one attached hydrogen (secondary N) is 2. The maximum Gasteiger partial charge on any atom is 0.256 e. The highest BCUT2D eigenvalue weighted by atomic mass is 16.2. The first-order valence-corrected chi connectivity index (χ1v) is 9.73. The van der Waals surface area contributed by atoms with Gasteiger partial charge in [-0.15, -0.1) is 0 Å². The van der Waals surface area contributed by atoms with Crippen LogP contribution in [-0.4, -0.2) is 48.4 Å². The fraction of sp³-hybridized carbons (Fsp3) is 0.381. The second-order valence-corrected chi connectivity index (χ2v) is 7.37. The second kappa shape index (κ2) is 7.98. The molecule has 2 N–H and O–H groups in total. The van der Waals surface area contributed by atoms with Gasteiger partial charge in [-0.3, -0.25) is 14.5 Å². The van der Waals surface area contributed by atoms with Crippen molar-refractivity contribution in [2.75, 3.05) is 36.9 Å². The van der Waals surface area contributed by atoms with Crippen molar-refractivity contribution in [2.45, 2.75) is 25.4 Å². The standard InChI is InChI=1S/C21H25N5O2/c1-25-19(24-21(28)17-6-5-11-22-20(17)25)15-7-9-16(10-8-15)23-18(27)14-26-12-3-2-4-13-26/h5-11,19H,2-4,12-14H2,1H3,(H,23,27)(H,24,28)/t19-/m1/s1. The Morgan fingerprint density at radius 3 is 2.68 bits per heavy atom. The van der Waals surface area contributed by atoms with Gasteiger partial charge in [-0.25, -0.2) is 4.98 Å². The Kier molecular flexibility index (Phi) is 5.25. The van der Waals surface area contributed by atoms with Gasteiger partial charge in [0.1, 0.15) is 12.0 Å². The number of amides is 2. The summed E-state index contributed by atoms with van der Waals surface area (Å²) in [6.45, 7) is 2.43. The van der Waals surface area contributed by atoms with Crippen molar-refractivity contribution in [3.8, 4) is 0 Å². The van der Waals surface area contributed by atoms with Crippen LogP contribution in [0.5, 0.6) is 0 Å². The lowest BCUT2D eigenvalue weighted by atomic mass is 10.1. The fourth-order valence-electron chi connectivity index (χ4n) is 3.85. The molecule has 0 saturated carbocycles. The number of carbonyl (C=O) groups excluding carboxylic acids is 2. The van der Waals surface area contributed by atoms with Gasteiger partial charge in [0, 0.05) is 18.9 Å². The summed E-state index contributed by atoms with van der Waals surface area (Å²) in [7, 11) is 1.91. The molecule has 2 aromatic rings. The lowest BCUT2D eigenvalue weighted by Crippen LogP contribution is -2.45. The molecule has 1 atom stereocenters. The summed E-state index contributed by atoms with van der Waals surface area (Å²) >= 11 is 0. The summed E-state index contributed by atoms with van der Waals surface area (Å²) in [5.41, 5.74) is 2.26. The van der Waals surface area contributed by atoms with E-state index < -0.39 is 0 Å². The summed E-state index contributed by atoms with van der Waals surface area (Å²) < 4.78 is 0. The molecule has 4 rings (SSSR count). The van der Waals surface area contributed by atoms with E-state index in [-0.39, 0.29) is 18.0 Å². The van der Waals surface area contributed by atoms with E-state index in [9.17, 15) is 9.59 Å². The van der Waals surface area contributed by atoms with E-state index in [1.807, 2.05) is 36.2 Å². The van der Waals surface area contributed by atoms with Crippen molar-refractivity contribution in [3.05, 3.63) is 53.7 Å². The lowest BCUT2D eigenvalue weighted by molar-refractivity contribution is -0.117. The molecule has 28 heavy (non-hydrogen) atoms. The van der Waals surface area contributed by atoms with Gasteiger partial charge in [0.05, 0.1) is 12.1 Å². The first kappa shape index (κ1) is 18.4. The third-order valence-corrected chi connectivity index (χ3v) is 5.35. The maximum atomic E-state index is 12.4. The van der Waals surface area contributed by atoms with Gasteiger partial charge in [0.2, 0.25) is 5.91 Å². The van der Waals surface area contributed by atoms with Gasteiger partial charge < -0.3 is 15.5 Å². The van der Waals surface area contributed by atoms with Gasteiger partial charge in [0.25, 0.3) is 5.91 Å². The zero-order chi connectivity index (χ0) is 19.5. The zero-order valence-corrected chi connectivity index (χ0v) is 16.0. The van der Waals surface area contributed by atoms with Crippen LogP contribution in [0.25, 0.3) is 0 Å². The molecule has 3 heterocycles. The maximum absolute atomic E-state index is 12.4. The van der Waals surface area contributed by atoms with Gasteiger partial charge in [-0.2, -0.15) is 0 Å². The van der Waals surface area contributed by atoms with Crippen molar-refractivity contribution in [1.82, 2.24) is 15.2 Å². The third kappa shape index (κ3) is 3.84. The fourth-order valence-corrected chi connectivity index (χ4v) is 3.85. The summed E-state index contributed by atoms with van der Waals surface area (Å²) in [4.78, 5) is 33.1. The quantitative estimate of drug-likeness (QED) is 0.853. The van der Waals surface area contributed by atoms with Gasteiger partial charge >= 0.3 is 0 Å². The number of anilines is 2. The Balaban J connectivity index is 1.42. The number of carbonyl (C=O) groups is 2. The lowest BCUT2D eigenvalue weighted by Gasteiger charge is -2.35. The van der Waals surface area contributed by atoms with E-state index in [0.29, 0.717) is 17.9 Å². The molecule has 0 unspecified atom stereocenters. The molecule has 7 heteroatoms. The highest BCUT2D eigenvalue weighted by Gasteiger charge is 2.30. The van der Waals surface area contributed by atoms with E-state index in [1.54, 1.807) is 18.3 Å². The number of hydrogen-bond acceptors (Lipinski definition) is 5. The molecule has 7 nitrogen and oxygen atoms in total. The molecule has 146 valence electrons. The van der Waals surface area contributed by atoms with Crippen molar-refractivity contribution in [2.24, 2.45) is 0 Å². The van der Waals surface area contributed by atoms with E-state index >= 15 is 0 Å². The zero-order valence-electron chi connectivity index (χ0n) is 16.0. The molecular formula is C21H25N5O2. The van der Waals surface area contributed by atoms with Crippen LogP contribution in [0.15, 0.2) is 42.6 Å². The Hall–Kier alpha value is -2.93. The normalized spacial score (nSPS) is 19.7. The minimum atomic E-state index is -0.298. The number of pyridine rings is 1. The second-order valence-electron chi connectivity index (χ2n) is 7.37. The molecule has 2 amide bonds. The Labute approximate surface area is 164 Å². The SMILES string of the molecule is CN1c2ncccc2C(=O)N[C@H]1c1ccc(NC(=O)CN2CCCCC2)cc1. The minimum absolute atomic E-state index is 0.0101. The Morgan fingerprint density at radius 1 is 1.18 bits per heavy atom. The average molecular weight is 379 g/mol. The summed E-state index contributed by atoms with van der Waals surface area (Å²) in [5.74, 6) is 0.538. The predicted molar refractivity (Wildman–Crippen MR) is 108 cm³/mol. The van der Waals surface area contributed by atoms with Crippen LogP contribution < -0.4 is 15.5 Å². The van der Waals surface area contributed by atoms with E-state index in [4.69, 9.17) is 0 Å². The molecule has 0 spiro atoms. The van der Waals surface area contributed by atoms with Crippen molar-refractivity contribution in [1.29, 1.82) is 0 Å². The summed E-state index contributed by atoms with van der Waals surface area (Å²) in [5, 5.41) is 5.97. The molecular weight excluding hydrogens is 354 g/mol. The summed E-state index contributed by atoms with van der Waals surface area (Å²) in [6.07, 6.45) is 4.98. The Bertz CT molecular complexity index is 861. The number of piperidine rings is 1. The van der Waals surface area contributed by atoms with E-state index in [0.717, 1.165) is 24.3 Å². The smallest absolute Gasteiger partial charge is 0.256 e. The number of fused-ring (bicyclic) bond motifs is 1. The number of nitrogens with zero attached hydrogens (tertiary/aromatic N) is 3. The number of aromatic nitrogens is 1. The van der Waals surface area contributed by atoms with Crippen LogP contribution in [0.1, 0.15) is 41.3 Å². The molecule has 2 aliphatic heterocycles. The number of hydrogen-bond donors (Lipinski definition) is 2. The monoisotopic (exact) mass is 379 g/mol. The van der Waals surface area contributed by atoms with E-state index in [2.05, 4.69) is 20.5 Å². The van der Waals surface area contributed by atoms with Crippen LogP contribution in [0.3, 0.4) is 0 Å². The van der Waals surface area contributed by atoms with Gasteiger partial charge in [0.15, 0.2) is 0 Å². The van der Waals surface area contributed by atoms with Crippen LogP contribution >= 0.6 is 0 Å². The highest BCUT2D eigenvalue weighted by Crippen LogP contribution is 2.30. The predicted octanol–water partition coefficient (Wildman–Crippen LogP) is 2.38. The molecule has 1 aromatic heterocycles. The van der Waals surface area contributed by atoms with Crippen molar-refractivity contribution < 1.29 is 9.59 Å². The van der Waals surface area contributed by atoms with Gasteiger partial charge in [-0.05, 0) is 55.8 Å². The highest BCUT2D eigenvalue weighted by molar-refractivity contribution is 6.01. The van der Waals surface area contributed by atoms with Crippen LogP contribution in [-0.2, 0) is 4.79 Å². The van der Waals surface area contributed by atoms with Crippen molar-refractivity contribution in [3.63, 3.8) is 0 Å². The van der Waals surface area contributed by atoms with Gasteiger partial charge in [-0.1, -0.05) is 18.6 Å². The van der Waals surface area contributed by atoms with E-state index in [1.165, 1.54) is 19.3 Å². The molecule has 0 aliphatic carbocycles. The van der Waals surface area contributed by atoms with Crippen LogP contribution in [0.4, 0.5) is 11.5 Å². The van der Waals surface area contributed by atoms with Crippen LogP contribution in [0, 0.1) is 0 Å². The molecule has 1 fully saturated rings. The number of benzene rings is 1. The number of likely N-dealkylation sites (tertiary alicyclic amines) is 1. The first-order valence-electron chi connectivity index (χ1n) is 9.73. The molecule has 2 aliphatic rings. The molecule has 1 aromatic carbocycles.